The summed E-state index contributed by atoms with van der Waals surface area (Å²) in [5.74, 6) is 0. The van der Waals surface area contributed by atoms with Crippen molar-refractivity contribution in [2.24, 2.45) is 0 Å². The molecule has 1 rings (SSSR count). The molecule has 0 aliphatic rings. The quantitative estimate of drug-likeness (QED) is 0.644. The highest BCUT2D eigenvalue weighted by atomic mass is 35.5. The number of nitrogens with one attached hydrogen (secondary N) is 1. The molecular weight excluding hydrogens is 142 g/mol. The van der Waals surface area contributed by atoms with Crippen LogP contribution in [0.2, 0.25) is 5.02 Å². The van der Waals surface area contributed by atoms with Crippen molar-refractivity contribution in [2.75, 3.05) is 12.4 Å². The lowest BCUT2D eigenvalue weighted by Crippen LogP contribution is -1.83. The van der Waals surface area contributed by atoms with Crippen LogP contribution in [0.25, 0.3) is 0 Å². The molecule has 3 heteroatoms. The average Bonchev–Trinajstić information content (AvgIpc) is 2.14. The third-order valence-corrected chi connectivity index (χ3v) is 2.07. The maximum atomic E-state index is 5.69. The Bertz CT molecular complexity index is 173. The minimum atomic E-state index is 0.803. The number of halogens is 1. The first-order chi connectivity index (χ1) is 3.84. The minimum absolute atomic E-state index is 0.803. The van der Waals surface area contributed by atoms with Gasteiger partial charge in [0.25, 0.3) is 0 Å². The number of thiophene rings is 1. The Kier molecular flexibility index (Phi) is 1.76. The second-order valence-corrected chi connectivity index (χ2v) is 2.53. The molecule has 1 aromatic heterocycles. The summed E-state index contributed by atoms with van der Waals surface area (Å²) in [5.41, 5.74) is 1.01. The lowest BCUT2D eigenvalue weighted by molar-refractivity contribution is 1.56. The lowest BCUT2D eigenvalue weighted by atomic mass is 10.5. The molecular formula is C5H6ClNS. The predicted molar refractivity (Wildman–Crippen MR) is 38.9 cm³/mol. The molecule has 0 saturated carbocycles. The third-order valence-electron chi connectivity index (χ3n) is 0.884. The topological polar surface area (TPSA) is 12.0 Å². The van der Waals surface area contributed by atoms with Gasteiger partial charge in [-0.25, -0.2) is 0 Å². The summed E-state index contributed by atoms with van der Waals surface area (Å²) < 4.78 is 0. The van der Waals surface area contributed by atoms with Crippen LogP contribution in [0.4, 0.5) is 5.69 Å². The summed E-state index contributed by atoms with van der Waals surface area (Å²) in [7, 11) is 1.86. The van der Waals surface area contributed by atoms with E-state index in [2.05, 4.69) is 5.32 Å². The van der Waals surface area contributed by atoms with Crippen LogP contribution in [-0.4, -0.2) is 7.05 Å². The van der Waals surface area contributed by atoms with Gasteiger partial charge in [-0.2, -0.15) is 0 Å². The molecule has 0 unspecified atom stereocenters. The normalized spacial score (nSPS) is 9.25. The van der Waals surface area contributed by atoms with Gasteiger partial charge in [0.1, 0.15) is 0 Å². The van der Waals surface area contributed by atoms with Crippen molar-refractivity contribution >= 4 is 28.6 Å². The van der Waals surface area contributed by atoms with Crippen molar-refractivity contribution in [3.8, 4) is 0 Å². The Balaban J connectivity index is 2.92. The van der Waals surface area contributed by atoms with Gasteiger partial charge in [0.15, 0.2) is 0 Å². The van der Waals surface area contributed by atoms with Crippen LogP contribution in [0, 0.1) is 0 Å². The molecule has 0 atom stereocenters. The number of anilines is 1. The second-order valence-electron chi connectivity index (χ2n) is 1.38. The van der Waals surface area contributed by atoms with Crippen LogP contribution in [0.15, 0.2) is 10.8 Å². The first-order valence-corrected chi connectivity index (χ1v) is 3.56. The zero-order valence-corrected chi connectivity index (χ0v) is 6.01. The van der Waals surface area contributed by atoms with E-state index in [1.54, 1.807) is 11.3 Å². The summed E-state index contributed by atoms with van der Waals surface area (Å²) in [4.78, 5) is 0. The van der Waals surface area contributed by atoms with Gasteiger partial charge in [-0.1, -0.05) is 11.6 Å². The first-order valence-electron chi connectivity index (χ1n) is 2.24. The standard InChI is InChI=1S/C5H6ClNS/c1-7-5-3-8-2-4(5)6/h2-3,7H,1H3. The summed E-state index contributed by atoms with van der Waals surface area (Å²) in [6.07, 6.45) is 0. The molecule has 1 N–H and O–H groups in total. The molecule has 0 spiro atoms. The van der Waals surface area contributed by atoms with Gasteiger partial charge in [0, 0.05) is 17.8 Å². The first kappa shape index (κ1) is 5.92. The van der Waals surface area contributed by atoms with Crippen molar-refractivity contribution in [1.29, 1.82) is 0 Å². The Morgan fingerprint density at radius 3 is 2.62 bits per heavy atom. The number of hydrogen-bond acceptors (Lipinski definition) is 2. The lowest BCUT2D eigenvalue weighted by Gasteiger charge is -1.91. The van der Waals surface area contributed by atoms with Gasteiger partial charge in [-0.05, 0) is 0 Å². The van der Waals surface area contributed by atoms with E-state index < -0.39 is 0 Å². The highest BCUT2D eigenvalue weighted by molar-refractivity contribution is 7.09. The van der Waals surface area contributed by atoms with Crippen molar-refractivity contribution in [3.05, 3.63) is 15.8 Å². The van der Waals surface area contributed by atoms with Crippen LogP contribution in [0.3, 0.4) is 0 Å². The van der Waals surface area contributed by atoms with E-state index >= 15 is 0 Å². The fourth-order valence-electron chi connectivity index (χ4n) is 0.460. The third kappa shape index (κ3) is 0.956. The molecule has 1 aromatic rings. The monoisotopic (exact) mass is 147 g/mol. The van der Waals surface area contributed by atoms with E-state index in [-0.39, 0.29) is 0 Å². The molecule has 0 bridgehead atoms. The van der Waals surface area contributed by atoms with E-state index in [0.29, 0.717) is 0 Å². The smallest absolute Gasteiger partial charge is 0.0744 e. The summed E-state index contributed by atoms with van der Waals surface area (Å²) in [5, 5.41) is 7.63. The molecule has 1 nitrogen and oxygen atoms in total. The molecule has 1 heterocycles. The highest BCUT2D eigenvalue weighted by Crippen LogP contribution is 2.24. The van der Waals surface area contributed by atoms with E-state index in [9.17, 15) is 0 Å². The van der Waals surface area contributed by atoms with Gasteiger partial charge in [-0.3, -0.25) is 0 Å². The molecule has 8 heavy (non-hydrogen) atoms. The Morgan fingerprint density at radius 2 is 2.38 bits per heavy atom. The van der Waals surface area contributed by atoms with E-state index in [1.165, 1.54) is 0 Å². The van der Waals surface area contributed by atoms with Crippen LogP contribution in [0.1, 0.15) is 0 Å². The molecule has 0 aromatic carbocycles. The largest absolute Gasteiger partial charge is 0.386 e. The van der Waals surface area contributed by atoms with Crippen molar-refractivity contribution in [1.82, 2.24) is 0 Å². The van der Waals surface area contributed by atoms with Crippen LogP contribution >= 0.6 is 22.9 Å². The molecule has 44 valence electrons. The molecule has 0 aliphatic carbocycles. The van der Waals surface area contributed by atoms with E-state index in [0.717, 1.165) is 10.7 Å². The van der Waals surface area contributed by atoms with Crippen LogP contribution in [0.5, 0.6) is 0 Å². The summed E-state index contributed by atoms with van der Waals surface area (Å²) in [6.45, 7) is 0. The summed E-state index contributed by atoms with van der Waals surface area (Å²) in [6, 6.07) is 0. The van der Waals surface area contributed by atoms with Crippen molar-refractivity contribution < 1.29 is 0 Å². The second kappa shape index (κ2) is 2.37. The Labute approximate surface area is 57.3 Å². The minimum Gasteiger partial charge on any atom is -0.386 e. The van der Waals surface area contributed by atoms with Crippen LogP contribution < -0.4 is 5.32 Å². The highest BCUT2D eigenvalue weighted by Gasteiger charge is 1.94. The Hall–Kier alpha value is -0.210. The molecule has 0 aliphatic heterocycles. The van der Waals surface area contributed by atoms with E-state index in [4.69, 9.17) is 11.6 Å². The zero-order valence-electron chi connectivity index (χ0n) is 4.44. The summed E-state index contributed by atoms with van der Waals surface area (Å²) >= 11 is 7.28. The average molecular weight is 148 g/mol. The van der Waals surface area contributed by atoms with Crippen molar-refractivity contribution in [2.45, 2.75) is 0 Å². The van der Waals surface area contributed by atoms with Crippen molar-refractivity contribution in [3.63, 3.8) is 0 Å². The van der Waals surface area contributed by atoms with Gasteiger partial charge < -0.3 is 5.32 Å². The number of rotatable bonds is 1. The van der Waals surface area contributed by atoms with Gasteiger partial charge in [0.05, 0.1) is 10.7 Å². The van der Waals surface area contributed by atoms with Gasteiger partial charge >= 0.3 is 0 Å². The van der Waals surface area contributed by atoms with Gasteiger partial charge in [0.2, 0.25) is 0 Å². The maximum Gasteiger partial charge on any atom is 0.0744 e. The fraction of sp³-hybridized carbons (Fsp3) is 0.200. The van der Waals surface area contributed by atoms with Crippen LogP contribution in [-0.2, 0) is 0 Å². The number of hydrogen-bond donors (Lipinski definition) is 1. The fourth-order valence-corrected chi connectivity index (χ4v) is 1.52. The van der Waals surface area contributed by atoms with Gasteiger partial charge in [-0.15, -0.1) is 11.3 Å². The molecule has 0 fully saturated rings. The molecule has 0 saturated heterocycles. The SMILES string of the molecule is CNc1cscc1Cl. The van der Waals surface area contributed by atoms with E-state index in [1.807, 2.05) is 17.8 Å². The molecule has 0 amide bonds. The maximum absolute atomic E-state index is 5.69. The Morgan fingerprint density at radius 1 is 1.62 bits per heavy atom. The zero-order chi connectivity index (χ0) is 5.98. The molecule has 0 radical (unpaired) electrons. The predicted octanol–water partition coefficient (Wildman–Crippen LogP) is 2.44.